The van der Waals surface area contributed by atoms with Crippen LogP contribution in [0.1, 0.15) is 23.9 Å². The van der Waals surface area contributed by atoms with Gasteiger partial charge in [-0.05, 0) is 43.7 Å². The number of nitrogens with one attached hydrogen (secondary N) is 2. The Balaban J connectivity index is 1.57. The second-order valence-corrected chi connectivity index (χ2v) is 6.46. The van der Waals surface area contributed by atoms with Crippen LogP contribution in [0.15, 0.2) is 42.6 Å². The molecule has 28 heavy (non-hydrogen) atoms. The number of rotatable bonds is 9. The van der Waals surface area contributed by atoms with E-state index < -0.39 is 0 Å². The minimum Gasteiger partial charge on any atom is -0.493 e. The third-order valence-corrected chi connectivity index (χ3v) is 4.34. The second-order valence-electron chi connectivity index (χ2n) is 6.46. The number of imidazole rings is 1. The Kier molecular flexibility index (Phi) is 6.49. The summed E-state index contributed by atoms with van der Waals surface area (Å²) >= 11 is 0. The lowest BCUT2D eigenvalue weighted by Crippen LogP contribution is -2.28. The summed E-state index contributed by atoms with van der Waals surface area (Å²) in [6.07, 6.45) is 2.05. The van der Waals surface area contributed by atoms with Gasteiger partial charge >= 0.3 is 0 Å². The number of carbonyl (C=O) groups excluding carboxylic acids is 1. The molecule has 2 aromatic heterocycles. The summed E-state index contributed by atoms with van der Waals surface area (Å²) in [6.45, 7) is 5.81. The van der Waals surface area contributed by atoms with Gasteiger partial charge in [-0.3, -0.25) is 4.79 Å². The van der Waals surface area contributed by atoms with Gasteiger partial charge in [0.15, 0.2) is 18.1 Å². The van der Waals surface area contributed by atoms with Gasteiger partial charge in [0.05, 0.1) is 12.8 Å². The molecule has 0 bridgehead atoms. The van der Waals surface area contributed by atoms with Crippen LogP contribution >= 0.6 is 0 Å². The Morgan fingerprint density at radius 3 is 2.79 bits per heavy atom. The number of pyridine rings is 1. The van der Waals surface area contributed by atoms with Gasteiger partial charge in [-0.1, -0.05) is 12.1 Å². The van der Waals surface area contributed by atoms with Gasteiger partial charge in [0.2, 0.25) is 0 Å². The number of aryl methyl sites for hydroxylation is 1. The molecule has 0 atom stereocenters. The summed E-state index contributed by atoms with van der Waals surface area (Å²) in [5.41, 5.74) is 4.15. The third-order valence-electron chi connectivity index (χ3n) is 4.34. The van der Waals surface area contributed by atoms with Crippen LogP contribution in [0.3, 0.4) is 0 Å². The summed E-state index contributed by atoms with van der Waals surface area (Å²) in [6, 6.07) is 11.8. The molecule has 0 spiro atoms. The predicted molar refractivity (Wildman–Crippen MR) is 108 cm³/mol. The Bertz CT molecular complexity index is 952. The predicted octanol–water partition coefficient (Wildman–Crippen LogP) is 2.46. The summed E-state index contributed by atoms with van der Waals surface area (Å²) in [5, 5.41) is 6.10. The molecule has 0 radical (unpaired) electrons. The van der Waals surface area contributed by atoms with Crippen molar-refractivity contribution < 1.29 is 14.3 Å². The van der Waals surface area contributed by atoms with Crippen LogP contribution in [0.25, 0.3) is 5.65 Å². The molecule has 3 rings (SSSR count). The van der Waals surface area contributed by atoms with Gasteiger partial charge < -0.3 is 24.5 Å². The number of hydrogen-bond donors (Lipinski definition) is 2. The fraction of sp³-hybridized carbons (Fsp3) is 0.333. The first kappa shape index (κ1) is 19.7. The minimum atomic E-state index is -0.155. The lowest BCUT2D eigenvalue weighted by atomic mass is 10.2. The lowest BCUT2D eigenvalue weighted by molar-refractivity contribution is -0.123. The summed E-state index contributed by atoms with van der Waals surface area (Å²) < 4.78 is 13.0. The van der Waals surface area contributed by atoms with Gasteiger partial charge in [-0.25, -0.2) is 4.98 Å². The average molecular weight is 382 g/mol. The van der Waals surface area contributed by atoms with Gasteiger partial charge in [0.1, 0.15) is 5.65 Å². The number of amides is 1. The SMILES string of the molecule is CCNC(=O)COc1ccc(CNCc2cn3c(C)cccc3n2)cc1OC. The summed E-state index contributed by atoms with van der Waals surface area (Å²) in [5.74, 6) is 0.998. The number of carbonyl (C=O) groups is 1. The van der Waals surface area contributed by atoms with Crippen molar-refractivity contribution in [2.45, 2.75) is 26.9 Å². The normalized spacial score (nSPS) is 10.8. The van der Waals surface area contributed by atoms with Crippen LogP contribution < -0.4 is 20.1 Å². The summed E-state index contributed by atoms with van der Waals surface area (Å²) in [4.78, 5) is 16.2. The van der Waals surface area contributed by atoms with Gasteiger partial charge in [-0.15, -0.1) is 0 Å². The maximum Gasteiger partial charge on any atom is 0.257 e. The molecule has 0 aliphatic carbocycles. The van der Waals surface area contributed by atoms with Crippen molar-refractivity contribution in [2.24, 2.45) is 0 Å². The first-order valence-corrected chi connectivity index (χ1v) is 9.31. The van der Waals surface area contributed by atoms with E-state index >= 15 is 0 Å². The number of hydrogen-bond acceptors (Lipinski definition) is 5. The molecule has 0 saturated carbocycles. The van der Waals surface area contributed by atoms with Crippen LogP contribution in [-0.4, -0.2) is 35.6 Å². The highest BCUT2D eigenvalue weighted by molar-refractivity contribution is 5.77. The smallest absolute Gasteiger partial charge is 0.257 e. The number of benzene rings is 1. The topological polar surface area (TPSA) is 76.9 Å². The maximum absolute atomic E-state index is 11.6. The molecule has 1 aromatic carbocycles. The van der Waals surface area contributed by atoms with Gasteiger partial charge in [-0.2, -0.15) is 0 Å². The van der Waals surface area contributed by atoms with E-state index in [-0.39, 0.29) is 12.5 Å². The maximum atomic E-state index is 11.6. The zero-order valence-electron chi connectivity index (χ0n) is 16.5. The van der Waals surface area contributed by atoms with Crippen molar-refractivity contribution >= 4 is 11.6 Å². The number of fused-ring (bicyclic) bond motifs is 1. The molecular formula is C21H26N4O3. The molecule has 3 aromatic rings. The minimum absolute atomic E-state index is 0.0326. The van der Waals surface area contributed by atoms with E-state index in [9.17, 15) is 4.79 Å². The highest BCUT2D eigenvalue weighted by Gasteiger charge is 2.09. The van der Waals surface area contributed by atoms with Crippen LogP contribution in [0.4, 0.5) is 0 Å². The molecule has 7 heteroatoms. The quantitative estimate of drug-likeness (QED) is 0.595. The number of likely N-dealkylation sites (N-methyl/N-ethyl adjacent to an activating group) is 1. The number of aromatic nitrogens is 2. The van der Waals surface area contributed by atoms with Crippen molar-refractivity contribution in [1.82, 2.24) is 20.0 Å². The molecular weight excluding hydrogens is 356 g/mol. The molecule has 2 heterocycles. The van der Waals surface area contributed by atoms with E-state index in [4.69, 9.17) is 9.47 Å². The molecule has 0 aliphatic heterocycles. The standard InChI is InChI=1S/C21H26N4O3/c1-4-23-21(26)14-28-18-9-8-16(10-19(18)27-3)11-22-12-17-13-25-15(2)6-5-7-20(25)24-17/h5-10,13,22H,4,11-12,14H2,1-3H3,(H,23,26). The van der Waals surface area contributed by atoms with E-state index in [1.807, 2.05) is 37.3 Å². The van der Waals surface area contributed by atoms with E-state index in [0.717, 1.165) is 22.6 Å². The first-order chi connectivity index (χ1) is 13.6. The van der Waals surface area contributed by atoms with E-state index in [0.29, 0.717) is 31.1 Å². The van der Waals surface area contributed by atoms with Gasteiger partial charge in [0, 0.05) is 31.5 Å². The molecule has 0 aliphatic rings. The Morgan fingerprint density at radius 1 is 1.18 bits per heavy atom. The second kappa shape index (κ2) is 9.23. The Morgan fingerprint density at radius 2 is 2.04 bits per heavy atom. The van der Waals surface area contributed by atoms with E-state index in [1.165, 1.54) is 0 Å². The van der Waals surface area contributed by atoms with Gasteiger partial charge in [0.25, 0.3) is 5.91 Å². The monoisotopic (exact) mass is 382 g/mol. The van der Waals surface area contributed by atoms with Crippen LogP contribution in [0, 0.1) is 6.92 Å². The molecule has 148 valence electrons. The van der Waals surface area contributed by atoms with Crippen molar-refractivity contribution in [1.29, 1.82) is 0 Å². The van der Waals surface area contributed by atoms with Crippen molar-refractivity contribution in [3.63, 3.8) is 0 Å². The number of methoxy groups -OCH3 is 1. The van der Waals surface area contributed by atoms with Crippen molar-refractivity contribution in [3.05, 3.63) is 59.5 Å². The third kappa shape index (κ3) is 4.80. The van der Waals surface area contributed by atoms with Crippen molar-refractivity contribution in [2.75, 3.05) is 20.3 Å². The zero-order valence-corrected chi connectivity index (χ0v) is 16.5. The van der Waals surface area contributed by atoms with Crippen molar-refractivity contribution in [3.8, 4) is 11.5 Å². The molecule has 0 fully saturated rings. The van der Waals surface area contributed by atoms with Crippen LogP contribution in [-0.2, 0) is 17.9 Å². The largest absolute Gasteiger partial charge is 0.493 e. The fourth-order valence-electron chi connectivity index (χ4n) is 2.95. The molecule has 1 amide bonds. The zero-order chi connectivity index (χ0) is 19.9. The summed E-state index contributed by atoms with van der Waals surface area (Å²) in [7, 11) is 1.59. The number of ether oxygens (including phenoxy) is 2. The lowest BCUT2D eigenvalue weighted by Gasteiger charge is -2.12. The highest BCUT2D eigenvalue weighted by atomic mass is 16.5. The Hall–Kier alpha value is -3.06. The van der Waals surface area contributed by atoms with E-state index in [2.05, 4.69) is 39.2 Å². The molecule has 0 unspecified atom stereocenters. The molecule has 0 saturated heterocycles. The van der Waals surface area contributed by atoms with Crippen LogP contribution in [0.5, 0.6) is 11.5 Å². The highest BCUT2D eigenvalue weighted by Crippen LogP contribution is 2.28. The molecule has 2 N–H and O–H groups in total. The number of nitrogens with zero attached hydrogens (tertiary/aromatic N) is 2. The van der Waals surface area contributed by atoms with Crippen LogP contribution in [0.2, 0.25) is 0 Å². The van der Waals surface area contributed by atoms with E-state index in [1.54, 1.807) is 7.11 Å². The molecule has 7 nitrogen and oxygen atoms in total. The fourth-order valence-corrected chi connectivity index (χ4v) is 2.95. The average Bonchev–Trinajstić information content (AvgIpc) is 3.11. The Labute approximate surface area is 164 Å². The first-order valence-electron chi connectivity index (χ1n) is 9.31.